The van der Waals surface area contributed by atoms with Crippen molar-refractivity contribution in [2.45, 2.75) is 24.6 Å². The van der Waals surface area contributed by atoms with Gasteiger partial charge in [-0.05, 0) is 36.3 Å². The number of benzene rings is 1. The minimum Gasteiger partial charge on any atom is -0.444 e. The lowest BCUT2D eigenvalue weighted by molar-refractivity contribution is 0.600. The first-order chi connectivity index (χ1) is 8.84. The zero-order valence-corrected chi connectivity index (χ0v) is 11.7. The summed E-state index contributed by atoms with van der Waals surface area (Å²) in [5, 5.41) is 5.90. The Balaban J connectivity index is 1.68. The molecule has 1 N–H and O–H groups in total. The molecular formula is C14H16ClNOS. The molecule has 96 valence electrons. The second-order valence-electron chi connectivity index (χ2n) is 4.62. The number of nitrogens with one attached hydrogen (secondary N) is 1. The molecule has 18 heavy (non-hydrogen) atoms. The predicted octanol–water partition coefficient (Wildman–Crippen LogP) is 4.07. The van der Waals surface area contributed by atoms with E-state index in [0.29, 0.717) is 5.22 Å². The fourth-order valence-electron chi connectivity index (χ4n) is 2.40. The maximum absolute atomic E-state index is 6.15. The van der Waals surface area contributed by atoms with Gasteiger partial charge in [-0.15, -0.1) is 0 Å². The predicted molar refractivity (Wildman–Crippen MR) is 78.4 cm³/mol. The van der Waals surface area contributed by atoms with Crippen molar-refractivity contribution in [3.05, 3.63) is 35.0 Å². The van der Waals surface area contributed by atoms with E-state index in [1.165, 1.54) is 18.6 Å². The molecule has 1 atom stereocenters. The molecule has 1 unspecified atom stereocenters. The third-order valence-electron chi connectivity index (χ3n) is 3.35. The second-order valence-corrected chi connectivity index (χ2v) is 6.37. The fraction of sp³-hybridized carbons (Fsp3) is 0.429. The van der Waals surface area contributed by atoms with Crippen molar-refractivity contribution in [2.75, 3.05) is 12.3 Å². The lowest BCUT2D eigenvalue weighted by Gasteiger charge is -2.09. The molecule has 0 saturated carbocycles. The van der Waals surface area contributed by atoms with Gasteiger partial charge in [0.25, 0.3) is 0 Å². The van der Waals surface area contributed by atoms with Crippen molar-refractivity contribution in [3.63, 3.8) is 0 Å². The van der Waals surface area contributed by atoms with Crippen LogP contribution in [0.15, 0.2) is 28.7 Å². The maximum Gasteiger partial charge on any atom is 0.199 e. The quantitative estimate of drug-likeness (QED) is 0.914. The Bertz CT molecular complexity index is 534. The maximum atomic E-state index is 6.15. The van der Waals surface area contributed by atoms with Crippen molar-refractivity contribution in [3.8, 4) is 0 Å². The van der Waals surface area contributed by atoms with Crippen LogP contribution in [0.1, 0.15) is 18.4 Å². The molecule has 2 nitrogen and oxygen atoms in total. The van der Waals surface area contributed by atoms with Gasteiger partial charge in [-0.1, -0.05) is 18.2 Å². The van der Waals surface area contributed by atoms with Crippen LogP contribution >= 0.6 is 23.4 Å². The lowest BCUT2D eigenvalue weighted by atomic mass is 10.2. The van der Waals surface area contributed by atoms with Crippen LogP contribution in [0.2, 0.25) is 5.22 Å². The smallest absolute Gasteiger partial charge is 0.199 e. The Morgan fingerprint density at radius 1 is 1.39 bits per heavy atom. The molecule has 0 aliphatic carbocycles. The standard InChI is InChI=1S/C14H16ClNOS/c15-14-12(9-16-8-10-4-3-7-18-10)11-5-1-2-6-13(11)17-14/h1-2,5-6,10,16H,3-4,7-9H2. The SMILES string of the molecule is Clc1oc2ccccc2c1CNCC1CCCS1. The molecule has 0 spiro atoms. The summed E-state index contributed by atoms with van der Waals surface area (Å²) in [6.45, 7) is 1.84. The number of thioether (sulfide) groups is 1. The van der Waals surface area contributed by atoms with Crippen LogP contribution in [0.3, 0.4) is 0 Å². The van der Waals surface area contributed by atoms with Gasteiger partial charge in [0, 0.05) is 29.3 Å². The van der Waals surface area contributed by atoms with Crippen molar-refractivity contribution in [1.29, 1.82) is 0 Å². The zero-order chi connectivity index (χ0) is 12.4. The van der Waals surface area contributed by atoms with E-state index in [9.17, 15) is 0 Å². The van der Waals surface area contributed by atoms with Gasteiger partial charge in [-0.25, -0.2) is 0 Å². The van der Waals surface area contributed by atoms with E-state index in [1.807, 2.05) is 18.2 Å². The highest BCUT2D eigenvalue weighted by atomic mass is 35.5. The van der Waals surface area contributed by atoms with Crippen LogP contribution in [0.4, 0.5) is 0 Å². The Morgan fingerprint density at radius 2 is 2.28 bits per heavy atom. The number of hydrogen-bond donors (Lipinski definition) is 1. The average Bonchev–Trinajstić information content (AvgIpc) is 2.98. The number of halogens is 1. The molecule has 4 heteroatoms. The first-order valence-corrected chi connectivity index (χ1v) is 7.75. The molecule has 0 bridgehead atoms. The van der Waals surface area contributed by atoms with Gasteiger partial charge in [-0.2, -0.15) is 11.8 Å². The summed E-state index contributed by atoms with van der Waals surface area (Å²) >= 11 is 8.22. The van der Waals surface area contributed by atoms with E-state index in [1.54, 1.807) is 0 Å². The van der Waals surface area contributed by atoms with E-state index in [4.69, 9.17) is 16.0 Å². The molecule has 0 radical (unpaired) electrons. The molecular weight excluding hydrogens is 266 g/mol. The highest BCUT2D eigenvalue weighted by Gasteiger charge is 2.16. The topological polar surface area (TPSA) is 25.2 Å². The zero-order valence-electron chi connectivity index (χ0n) is 10.1. The number of hydrogen-bond acceptors (Lipinski definition) is 3. The van der Waals surface area contributed by atoms with E-state index in [2.05, 4.69) is 23.1 Å². The molecule has 2 heterocycles. The Kier molecular flexibility index (Phi) is 3.83. The molecule has 1 aliphatic heterocycles. The minimum atomic E-state index is 0.516. The van der Waals surface area contributed by atoms with E-state index >= 15 is 0 Å². The molecule has 2 aromatic rings. The van der Waals surface area contributed by atoms with Gasteiger partial charge in [0.1, 0.15) is 5.58 Å². The van der Waals surface area contributed by atoms with Crippen LogP contribution in [0, 0.1) is 0 Å². The van der Waals surface area contributed by atoms with Crippen molar-refractivity contribution in [2.24, 2.45) is 0 Å². The summed E-state index contributed by atoms with van der Waals surface area (Å²) in [5.41, 5.74) is 1.95. The van der Waals surface area contributed by atoms with Crippen LogP contribution in [-0.2, 0) is 6.54 Å². The average molecular weight is 282 g/mol. The first-order valence-electron chi connectivity index (χ1n) is 6.33. The molecule has 1 saturated heterocycles. The molecule has 1 aromatic heterocycles. The van der Waals surface area contributed by atoms with Crippen molar-refractivity contribution < 1.29 is 4.42 Å². The van der Waals surface area contributed by atoms with Gasteiger partial charge in [-0.3, -0.25) is 0 Å². The summed E-state index contributed by atoms with van der Waals surface area (Å²) in [6.07, 6.45) is 2.68. The number of furan rings is 1. The summed E-state index contributed by atoms with van der Waals surface area (Å²) in [6, 6.07) is 8.00. The summed E-state index contributed by atoms with van der Waals surface area (Å²) in [7, 11) is 0. The highest BCUT2D eigenvalue weighted by Crippen LogP contribution is 2.30. The molecule has 1 aliphatic rings. The summed E-state index contributed by atoms with van der Waals surface area (Å²) in [4.78, 5) is 0. The van der Waals surface area contributed by atoms with E-state index in [-0.39, 0.29) is 0 Å². The van der Waals surface area contributed by atoms with Crippen molar-refractivity contribution in [1.82, 2.24) is 5.32 Å². The summed E-state index contributed by atoms with van der Waals surface area (Å²) in [5.74, 6) is 1.31. The van der Waals surface area contributed by atoms with Crippen LogP contribution in [-0.4, -0.2) is 17.5 Å². The number of fused-ring (bicyclic) bond motifs is 1. The van der Waals surface area contributed by atoms with Gasteiger partial charge >= 0.3 is 0 Å². The van der Waals surface area contributed by atoms with Gasteiger partial charge < -0.3 is 9.73 Å². The Morgan fingerprint density at radius 3 is 3.11 bits per heavy atom. The van der Waals surface area contributed by atoms with Gasteiger partial charge in [0.15, 0.2) is 5.22 Å². The van der Waals surface area contributed by atoms with E-state index < -0.39 is 0 Å². The third-order valence-corrected chi connectivity index (χ3v) is 5.05. The largest absolute Gasteiger partial charge is 0.444 e. The van der Waals surface area contributed by atoms with Gasteiger partial charge in [0.2, 0.25) is 0 Å². The van der Waals surface area contributed by atoms with E-state index in [0.717, 1.165) is 34.9 Å². The van der Waals surface area contributed by atoms with Crippen LogP contribution in [0.25, 0.3) is 11.0 Å². The normalized spacial score (nSPS) is 19.7. The Hall–Kier alpha value is -0.640. The fourth-order valence-corrected chi connectivity index (χ4v) is 3.88. The lowest BCUT2D eigenvalue weighted by Crippen LogP contribution is -2.22. The van der Waals surface area contributed by atoms with Crippen LogP contribution in [0.5, 0.6) is 0 Å². The third kappa shape index (κ3) is 2.53. The second kappa shape index (κ2) is 5.55. The monoisotopic (exact) mass is 281 g/mol. The van der Waals surface area contributed by atoms with Gasteiger partial charge in [0.05, 0.1) is 0 Å². The van der Waals surface area contributed by atoms with Crippen LogP contribution < -0.4 is 5.32 Å². The molecule has 1 fully saturated rings. The summed E-state index contributed by atoms with van der Waals surface area (Å²) < 4.78 is 5.54. The highest BCUT2D eigenvalue weighted by molar-refractivity contribution is 8.00. The van der Waals surface area contributed by atoms with Crippen molar-refractivity contribution >= 4 is 34.3 Å². The number of rotatable bonds is 4. The molecule has 3 rings (SSSR count). The number of para-hydroxylation sites is 1. The first kappa shape index (κ1) is 12.4. The Labute approximate surface area is 116 Å². The molecule has 1 aromatic carbocycles. The molecule has 0 amide bonds. The minimum absolute atomic E-state index is 0.516.